The second-order valence-electron chi connectivity index (χ2n) is 3.39. The maximum absolute atomic E-state index is 11.4. The first kappa shape index (κ1) is 13.3. The predicted octanol–water partition coefficient (Wildman–Crippen LogP) is -0.213. The summed E-state index contributed by atoms with van der Waals surface area (Å²) in [7, 11) is 1.25. The van der Waals surface area contributed by atoms with Crippen LogP contribution in [0.15, 0.2) is 18.2 Å². The highest BCUT2D eigenvalue weighted by molar-refractivity contribution is 5.93. The molecule has 0 heterocycles. The normalized spacial score (nSPS) is 11.9. The maximum atomic E-state index is 11.4. The van der Waals surface area contributed by atoms with Crippen LogP contribution in [0.3, 0.4) is 0 Å². The van der Waals surface area contributed by atoms with Crippen LogP contribution in [-0.2, 0) is 4.74 Å². The van der Waals surface area contributed by atoms with Gasteiger partial charge in [0.1, 0.15) is 24.0 Å². The molecule has 94 valence electrons. The van der Waals surface area contributed by atoms with Gasteiger partial charge in [0, 0.05) is 5.69 Å². The second-order valence-corrected chi connectivity index (χ2v) is 3.39. The van der Waals surface area contributed by atoms with E-state index in [0.717, 1.165) is 0 Å². The number of hydrogen-bond acceptors (Lipinski definition) is 6. The first-order chi connectivity index (χ1) is 8.08. The van der Waals surface area contributed by atoms with E-state index in [2.05, 4.69) is 4.74 Å². The van der Waals surface area contributed by atoms with Gasteiger partial charge in [-0.1, -0.05) is 0 Å². The van der Waals surface area contributed by atoms with E-state index in [9.17, 15) is 4.79 Å². The smallest absolute Gasteiger partial charge is 0.341 e. The summed E-state index contributed by atoms with van der Waals surface area (Å²) >= 11 is 0. The number of aliphatic hydroxyl groups excluding tert-OH is 2. The Kier molecular flexibility index (Phi) is 4.74. The summed E-state index contributed by atoms with van der Waals surface area (Å²) in [4.78, 5) is 11.4. The van der Waals surface area contributed by atoms with Crippen LogP contribution < -0.4 is 10.5 Å². The topological polar surface area (TPSA) is 102 Å². The summed E-state index contributed by atoms with van der Waals surface area (Å²) in [5.74, 6) is -0.329. The Bertz CT molecular complexity index is 393. The number of nitrogens with two attached hydrogens (primary N) is 1. The Morgan fingerprint density at radius 2 is 2.24 bits per heavy atom. The molecule has 0 aliphatic carbocycles. The predicted molar refractivity (Wildman–Crippen MR) is 60.8 cm³/mol. The number of ether oxygens (including phenoxy) is 2. The molecule has 1 aromatic carbocycles. The van der Waals surface area contributed by atoms with Crippen molar-refractivity contribution in [2.45, 2.75) is 6.10 Å². The van der Waals surface area contributed by atoms with Gasteiger partial charge in [0.25, 0.3) is 0 Å². The van der Waals surface area contributed by atoms with Crippen LogP contribution in [0, 0.1) is 0 Å². The first-order valence-electron chi connectivity index (χ1n) is 4.98. The SMILES string of the molecule is COC(=O)c1cc(N)ccc1OCC(O)CO. The van der Waals surface area contributed by atoms with Crippen LogP contribution in [0.25, 0.3) is 0 Å². The molecule has 6 nitrogen and oxygen atoms in total. The van der Waals surface area contributed by atoms with Gasteiger partial charge in [-0.2, -0.15) is 0 Å². The highest BCUT2D eigenvalue weighted by Crippen LogP contribution is 2.22. The third kappa shape index (κ3) is 3.61. The van der Waals surface area contributed by atoms with Gasteiger partial charge in [-0.3, -0.25) is 0 Å². The molecule has 0 aliphatic heterocycles. The lowest BCUT2D eigenvalue weighted by Crippen LogP contribution is -2.22. The number of hydrogen-bond donors (Lipinski definition) is 3. The van der Waals surface area contributed by atoms with Crippen molar-refractivity contribution in [3.05, 3.63) is 23.8 Å². The number of rotatable bonds is 5. The molecule has 0 aliphatic rings. The zero-order chi connectivity index (χ0) is 12.8. The van der Waals surface area contributed by atoms with Crippen molar-refractivity contribution in [1.29, 1.82) is 0 Å². The molecular formula is C11H15NO5. The Balaban J connectivity index is 2.86. The molecule has 1 rings (SSSR count). The number of esters is 1. The van der Waals surface area contributed by atoms with Crippen LogP contribution in [0.4, 0.5) is 5.69 Å². The van der Waals surface area contributed by atoms with Crippen molar-refractivity contribution >= 4 is 11.7 Å². The molecule has 0 radical (unpaired) electrons. The van der Waals surface area contributed by atoms with Gasteiger partial charge in [0.2, 0.25) is 0 Å². The first-order valence-corrected chi connectivity index (χ1v) is 4.98. The van der Waals surface area contributed by atoms with E-state index >= 15 is 0 Å². The minimum absolute atomic E-state index is 0.121. The summed E-state index contributed by atoms with van der Waals surface area (Å²) in [6, 6.07) is 4.49. The average molecular weight is 241 g/mol. The minimum Gasteiger partial charge on any atom is -0.490 e. The Morgan fingerprint density at radius 1 is 1.53 bits per heavy atom. The lowest BCUT2D eigenvalue weighted by atomic mass is 10.2. The fourth-order valence-corrected chi connectivity index (χ4v) is 1.18. The van der Waals surface area contributed by atoms with Gasteiger partial charge in [-0.05, 0) is 18.2 Å². The van der Waals surface area contributed by atoms with Crippen LogP contribution in [0.5, 0.6) is 5.75 Å². The number of carbonyl (C=O) groups excluding carboxylic acids is 1. The summed E-state index contributed by atoms with van der Waals surface area (Å²) in [5.41, 5.74) is 6.13. The van der Waals surface area contributed by atoms with Crippen molar-refractivity contribution < 1.29 is 24.5 Å². The van der Waals surface area contributed by atoms with E-state index in [-0.39, 0.29) is 17.9 Å². The lowest BCUT2D eigenvalue weighted by Gasteiger charge is -2.13. The molecule has 0 spiro atoms. The van der Waals surface area contributed by atoms with Gasteiger partial charge in [-0.25, -0.2) is 4.79 Å². The van der Waals surface area contributed by atoms with E-state index in [0.29, 0.717) is 5.69 Å². The van der Waals surface area contributed by atoms with Gasteiger partial charge < -0.3 is 25.4 Å². The van der Waals surface area contributed by atoms with Crippen LogP contribution >= 0.6 is 0 Å². The van der Waals surface area contributed by atoms with Crippen LogP contribution in [0.1, 0.15) is 10.4 Å². The molecule has 0 bridgehead atoms. The highest BCUT2D eigenvalue weighted by atomic mass is 16.5. The van der Waals surface area contributed by atoms with Crippen molar-refractivity contribution in [3.8, 4) is 5.75 Å². The number of benzene rings is 1. The third-order valence-electron chi connectivity index (χ3n) is 2.05. The van der Waals surface area contributed by atoms with E-state index in [1.165, 1.54) is 19.2 Å². The zero-order valence-corrected chi connectivity index (χ0v) is 9.42. The van der Waals surface area contributed by atoms with Crippen molar-refractivity contribution in [2.75, 3.05) is 26.1 Å². The minimum atomic E-state index is -1.00. The van der Waals surface area contributed by atoms with Crippen molar-refractivity contribution in [2.24, 2.45) is 0 Å². The molecule has 0 fully saturated rings. The summed E-state index contributed by atoms with van der Waals surface area (Å²) in [6.45, 7) is -0.535. The monoisotopic (exact) mass is 241 g/mol. The third-order valence-corrected chi connectivity index (χ3v) is 2.05. The molecule has 6 heteroatoms. The number of carbonyl (C=O) groups is 1. The van der Waals surface area contributed by atoms with E-state index < -0.39 is 18.7 Å². The number of anilines is 1. The molecule has 0 aromatic heterocycles. The second kappa shape index (κ2) is 6.07. The Labute approximate surface area is 98.6 Å². The molecule has 17 heavy (non-hydrogen) atoms. The largest absolute Gasteiger partial charge is 0.490 e. The van der Waals surface area contributed by atoms with Gasteiger partial charge >= 0.3 is 5.97 Å². The van der Waals surface area contributed by atoms with Gasteiger partial charge in [0.05, 0.1) is 13.7 Å². The summed E-state index contributed by atoms with van der Waals surface area (Å²) in [6.07, 6.45) is -1.00. The number of nitrogen functional groups attached to an aromatic ring is 1. The fourth-order valence-electron chi connectivity index (χ4n) is 1.18. The molecule has 1 atom stereocenters. The highest BCUT2D eigenvalue weighted by Gasteiger charge is 2.14. The molecule has 0 amide bonds. The summed E-state index contributed by atoms with van der Waals surface area (Å²) in [5, 5.41) is 17.8. The Morgan fingerprint density at radius 3 is 2.82 bits per heavy atom. The molecular weight excluding hydrogens is 226 g/mol. The molecule has 1 unspecified atom stereocenters. The average Bonchev–Trinajstić information content (AvgIpc) is 2.35. The zero-order valence-electron chi connectivity index (χ0n) is 9.42. The van der Waals surface area contributed by atoms with E-state index in [1.54, 1.807) is 6.07 Å². The van der Waals surface area contributed by atoms with E-state index in [4.69, 9.17) is 20.7 Å². The number of aliphatic hydroxyl groups is 2. The molecule has 1 aromatic rings. The van der Waals surface area contributed by atoms with Crippen molar-refractivity contribution in [3.63, 3.8) is 0 Å². The standard InChI is InChI=1S/C11H15NO5/c1-16-11(15)9-4-7(12)2-3-10(9)17-6-8(14)5-13/h2-4,8,13-14H,5-6,12H2,1H3. The van der Waals surface area contributed by atoms with Crippen LogP contribution in [0.2, 0.25) is 0 Å². The maximum Gasteiger partial charge on any atom is 0.341 e. The molecule has 0 saturated heterocycles. The van der Waals surface area contributed by atoms with Crippen LogP contribution in [-0.4, -0.2) is 42.6 Å². The lowest BCUT2D eigenvalue weighted by molar-refractivity contribution is 0.0503. The van der Waals surface area contributed by atoms with Gasteiger partial charge in [0.15, 0.2) is 0 Å². The van der Waals surface area contributed by atoms with Crippen molar-refractivity contribution in [1.82, 2.24) is 0 Å². The Hall–Kier alpha value is -1.79. The molecule has 4 N–H and O–H groups in total. The molecule has 0 saturated carbocycles. The number of methoxy groups -OCH3 is 1. The summed E-state index contributed by atoms with van der Waals surface area (Å²) < 4.78 is 9.78. The quantitative estimate of drug-likeness (QED) is 0.487. The fraction of sp³-hybridized carbons (Fsp3) is 0.364. The van der Waals surface area contributed by atoms with Gasteiger partial charge in [-0.15, -0.1) is 0 Å². The van der Waals surface area contributed by atoms with E-state index in [1.807, 2.05) is 0 Å².